The van der Waals surface area contributed by atoms with Crippen LogP contribution in [0.5, 0.6) is 0 Å². The number of aliphatic imine (C=N–C) groups is 1. The summed E-state index contributed by atoms with van der Waals surface area (Å²) in [7, 11) is 0. The molecule has 0 unspecified atom stereocenters. The quantitative estimate of drug-likeness (QED) is 0.541. The summed E-state index contributed by atoms with van der Waals surface area (Å²) in [6.07, 6.45) is 1.01. The van der Waals surface area contributed by atoms with Crippen LogP contribution in [0.3, 0.4) is 0 Å². The number of amides is 1. The second-order valence-corrected chi connectivity index (χ2v) is 5.54. The average Bonchev–Trinajstić information content (AvgIpc) is 2.57. The Morgan fingerprint density at radius 2 is 1.84 bits per heavy atom. The average molecular weight is 361 g/mol. The number of nitrogens with two attached hydrogens (primary N) is 2. The maximum atomic E-state index is 14.1. The summed E-state index contributed by atoms with van der Waals surface area (Å²) in [6, 6.07) is 8.38. The highest BCUT2D eigenvalue weighted by Crippen LogP contribution is 2.34. The number of hydrogen-bond acceptors (Lipinski definition) is 2. The molecule has 4 N–H and O–H groups in total. The second-order valence-electron chi connectivity index (χ2n) is 5.16. The van der Waals surface area contributed by atoms with Crippen molar-refractivity contribution in [3.8, 4) is 11.3 Å². The number of aromatic nitrogens is 1. The van der Waals surface area contributed by atoms with Gasteiger partial charge in [0.05, 0.1) is 16.9 Å². The molecule has 0 spiro atoms. The zero-order chi connectivity index (χ0) is 18.1. The Balaban J connectivity index is 2.29. The lowest BCUT2D eigenvalue weighted by Crippen LogP contribution is -2.24. The highest BCUT2D eigenvalue weighted by atomic mass is 35.5. The van der Waals surface area contributed by atoms with E-state index in [9.17, 15) is 13.6 Å². The normalized spacial score (nSPS) is 10.7. The summed E-state index contributed by atoms with van der Waals surface area (Å²) < 4.78 is 27.8. The Hall–Kier alpha value is -3.06. The molecule has 1 heterocycles. The first-order chi connectivity index (χ1) is 11.9. The Kier molecular flexibility index (Phi) is 4.33. The SMILES string of the molecule is NC(N)=NC(=O)c1ccc2c(F)cnc(-c3cccc(F)c3Cl)c2c1. The van der Waals surface area contributed by atoms with Crippen LogP contribution in [0.4, 0.5) is 8.78 Å². The van der Waals surface area contributed by atoms with Gasteiger partial charge in [0.15, 0.2) is 5.96 Å². The molecule has 0 atom stereocenters. The molecule has 25 heavy (non-hydrogen) atoms. The lowest BCUT2D eigenvalue weighted by molar-refractivity contribution is 0.100. The second kappa shape index (κ2) is 6.45. The van der Waals surface area contributed by atoms with Gasteiger partial charge in [0.2, 0.25) is 0 Å². The van der Waals surface area contributed by atoms with Crippen LogP contribution in [0.15, 0.2) is 47.6 Å². The first kappa shape index (κ1) is 16.8. The summed E-state index contributed by atoms with van der Waals surface area (Å²) in [5.41, 5.74) is 11.0. The Labute approximate surface area is 145 Å². The van der Waals surface area contributed by atoms with Crippen LogP contribution in [0.2, 0.25) is 5.02 Å². The highest BCUT2D eigenvalue weighted by molar-refractivity contribution is 6.33. The summed E-state index contributed by atoms with van der Waals surface area (Å²) in [6.45, 7) is 0. The predicted molar refractivity (Wildman–Crippen MR) is 92.2 cm³/mol. The Bertz CT molecular complexity index is 1030. The minimum absolute atomic E-state index is 0.127. The van der Waals surface area contributed by atoms with Gasteiger partial charge in [-0.3, -0.25) is 9.78 Å². The van der Waals surface area contributed by atoms with Crippen molar-refractivity contribution in [2.75, 3.05) is 0 Å². The summed E-state index contributed by atoms with van der Waals surface area (Å²) in [5, 5.41) is 0.333. The number of guanidine groups is 1. The molecular weight excluding hydrogens is 350 g/mol. The van der Waals surface area contributed by atoms with Crippen LogP contribution in [0.25, 0.3) is 22.0 Å². The van der Waals surface area contributed by atoms with Gasteiger partial charge in [-0.25, -0.2) is 8.78 Å². The molecule has 8 heteroatoms. The Morgan fingerprint density at radius 3 is 2.56 bits per heavy atom. The van der Waals surface area contributed by atoms with Gasteiger partial charge >= 0.3 is 0 Å². The molecule has 0 aliphatic heterocycles. The zero-order valence-corrected chi connectivity index (χ0v) is 13.4. The number of rotatable bonds is 2. The molecule has 0 saturated heterocycles. The van der Waals surface area contributed by atoms with Crippen LogP contribution in [-0.4, -0.2) is 16.9 Å². The zero-order valence-electron chi connectivity index (χ0n) is 12.6. The largest absolute Gasteiger partial charge is 0.370 e. The van der Waals surface area contributed by atoms with Crippen LogP contribution >= 0.6 is 11.6 Å². The first-order valence-electron chi connectivity index (χ1n) is 7.05. The molecule has 1 amide bonds. The van der Waals surface area contributed by atoms with E-state index in [-0.39, 0.29) is 32.6 Å². The molecule has 0 aliphatic rings. The van der Waals surface area contributed by atoms with Crippen molar-refractivity contribution in [2.24, 2.45) is 16.5 Å². The van der Waals surface area contributed by atoms with E-state index in [0.717, 1.165) is 6.20 Å². The molecule has 5 nitrogen and oxygen atoms in total. The molecular formula is C17H11ClF2N4O. The van der Waals surface area contributed by atoms with Gasteiger partial charge in [-0.15, -0.1) is 0 Å². The molecule has 0 bridgehead atoms. The lowest BCUT2D eigenvalue weighted by Gasteiger charge is -2.10. The minimum atomic E-state index is -0.692. The molecule has 2 aromatic carbocycles. The molecule has 0 fully saturated rings. The van der Waals surface area contributed by atoms with E-state index in [0.29, 0.717) is 0 Å². The maximum Gasteiger partial charge on any atom is 0.280 e. The van der Waals surface area contributed by atoms with Gasteiger partial charge in [-0.2, -0.15) is 4.99 Å². The summed E-state index contributed by atoms with van der Waals surface area (Å²) >= 11 is 6.01. The van der Waals surface area contributed by atoms with Gasteiger partial charge in [-0.1, -0.05) is 29.8 Å². The van der Waals surface area contributed by atoms with Gasteiger partial charge in [0.1, 0.15) is 11.6 Å². The van der Waals surface area contributed by atoms with Crippen molar-refractivity contribution in [3.63, 3.8) is 0 Å². The van der Waals surface area contributed by atoms with E-state index >= 15 is 0 Å². The third kappa shape index (κ3) is 3.14. The summed E-state index contributed by atoms with van der Waals surface area (Å²) in [5.74, 6) is -2.31. The van der Waals surface area contributed by atoms with E-state index in [1.807, 2.05) is 0 Å². The van der Waals surface area contributed by atoms with Gasteiger partial charge in [-0.05, 0) is 18.2 Å². The third-order valence-corrected chi connectivity index (χ3v) is 3.91. The van der Waals surface area contributed by atoms with E-state index in [2.05, 4.69) is 9.98 Å². The monoisotopic (exact) mass is 360 g/mol. The Morgan fingerprint density at radius 1 is 1.08 bits per heavy atom. The number of pyridine rings is 1. The fourth-order valence-corrected chi connectivity index (χ4v) is 2.64. The molecule has 0 radical (unpaired) electrons. The molecule has 1 aromatic heterocycles. The van der Waals surface area contributed by atoms with E-state index < -0.39 is 23.5 Å². The van der Waals surface area contributed by atoms with Gasteiger partial charge in [0.25, 0.3) is 5.91 Å². The minimum Gasteiger partial charge on any atom is -0.370 e. The molecule has 3 aromatic rings. The highest BCUT2D eigenvalue weighted by Gasteiger charge is 2.16. The van der Waals surface area contributed by atoms with Crippen molar-refractivity contribution >= 4 is 34.2 Å². The first-order valence-corrected chi connectivity index (χ1v) is 7.43. The third-order valence-electron chi connectivity index (χ3n) is 3.52. The van der Waals surface area contributed by atoms with Crippen LogP contribution < -0.4 is 11.5 Å². The smallest absolute Gasteiger partial charge is 0.280 e. The number of fused-ring (bicyclic) bond motifs is 1. The summed E-state index contributed by atoms with van der Waals surface area (Å²) in [4.78, 5) is 19.5. The topological polar surface area (TPSA) is 94.4 Å². The predicted octanol–water partition coefficient (Wildman–Crippen LogP) is 3.25. The number of nitrogens with zero attached hydrogens (tertiary/aromatic N) is 2. The van der Waals surface area contributed by atoms with Crippen LogP contribution in [-0.2, 0) is 0 Å². The standard InChI is InChI=1S/C17H11ClF2N4O/c18-14-10(2-1-3-12(14)19)15-11-6-8(16(25)24-17(21)22)4-5-9(11)13(20)7-23-15/h1-7H,(H4,21,22,24,25). The van der Waals surface area contributed by atoms with Crippen molar-refractivity contribution < 1.29 is 13.6 Å². The maximum absolute atomic E-state index is 14.1. The van der Waals surface area contributed by atoms with E-state index in [1.54, 1.807) is 6.07 Å². The number of carbonyl (C=O) groups excluding carboxylic acids is 1. The molecule has 0 aliphatic carbocycles. The molecule has 126 valence electrons. The van der Waals surface area contributed by atoms with Crippen LogP contribution in [0, 0.1) is 11.6 Å². The van der Waals surface area contributed by atoms with Crippen molar-refractivity contribution in [3.05, 3.63) is 64.8 Å². The lowest BCUT2D eigenvalue weighted by atomic mass is 10.0. The molecule has 3 rings (SSSR count). The van der Waals surface area contributed by atoms with Crippen molar-refractivity contribution in [1.29, 1.82) is 0 Å². The van der Waals surface area contributed by atoms with Crippen molar-refractivity contribution in [2.45, 2.75) is 0 Å². The fourth-order valence-electron chi connectivity index (χ4n) is 2.42. The number of benzene rings is 2. The van der Waals surface area contributed by atoms with Crippen LogP contribution in [0.1, 0.15) is 10.4 Å². The fraction of sp³-hybridized carbons (Fsp3) is 0. The van der Waals surface area contributed by atoms with Gasteiger partial charge < -0.3 is 11.5 Å². The van der Waals surface area contributed by atoms with E-state index in [1.165, 1.54) is 30.3 Å². The van der Waals surface area contributed by atoms with E-state index in [4.69, 9.17) is 23.1 Å². The number of carbonyl (C=O) groups is 1. The molecule has 0 saturated carbocycles. The number of hydrogen-bond donors (Lipinski definition) is 2. The van der Waals surface area contributed by atoms with Crippen molar-refractivity contribution in [1.82, 2.24) is 4.98 Å². The number of halogens is 3. The van der Waals surface area contributed by atoms with Gasteiger partial charge in [0, 0.05) is 21.9 Å².